The van der Waals surface area contributed by atoms with Gasteiger partial charge in [-0.25, -0.2) is 0 Å². The number of hydrogen-bond acceptors (Lipinski definition) is 3. The number of fused-ring (bicyclic) bond motifs is 8. The van der Waals surface area contributed by atoms with Crippen molar-refractivity contribution in [1.29, 1.82) is 0 Å². The second-order valence-corrected chi connectivity index (χ2v) is 18.7. The number of pyridine rings is 1. The number of benzene rings is 4. The van der Waals surface area contributed by atoms with Crippen molar-refractivity contribution < 1.29 is 30.0 Å². The Balaban J connectivity index is 0.000000285. The number of allylic oxidation sites excluding steroid dienone is 2. The molecule has 0 bridgehead atoms. The Kier molecular flexibility index (Phi) is 12.0. The van der Waals surface area contributed by atoms with Crippen LogP contribution < -0.4 is 0 Å². The second kappa shape index (κ2) is 15.5. The van der Waals surface area contributed by atoms with Crippen molar-refractivity contribution in [3.63, 3.8) is 0 Å². The topological polar surface area (TPSA) is 50.2 Å². The van der Waals surface area contributed by atoms with Crippen molar-refractivity contribution in [3.05, 3.63) is 125 Å². The van der Waals surface area contributed by atoms with Crippen molar-refractivity contribution in [2.45, 2.75) is 132 Å². The van der Waals surface area contributed by atoms with Gasteiger partial charge in [0, 0.05) is 48.6 Å². The molecule has 2 aliphatic carbocycles. The van der Waals surface area contributed by atoms with Crippen molar-refractivity contribution in [1.82, 2.24) is 4.98 Å². The maximum atomic E-state index is 12.2. The zero-order valence-corrected chi connectivity index (χ0v) is 38.4. The van der Waals surface area contributed by atoms with Crippen molar-refractivity contribution >= 4 is 16.6 Å². The molecule has 0 saturated carbocycles. The zero-order valence-electron chi connectivity index (χ0n) is 36.0. The van der Waals surface area contributed by atoms with Gasteiger partial charge < -0.3 is 10.1 Å². The molecule has 0 unspecified atom stereocenters. The molecule has 1 aromatic heterocycles. The second-order valence-electron chi connectivity index (χ2n) is 18.7. The molecule has 1 radical (unpaired) electrons. The van der Waals surface area contributed by atoms with Crippen LogP contribution in [-0.4, -0.2) is 15.9 Å². The number of hydrogen-bond donors (Lipinski definition) is 1. The van der Waals surface area contributed by atoms with Crippen LogP contribution in [0.4, 0.5) is 0 Å². The fourth-order valence-corrected chi connectivity index (χ4v) is 8.68. The van der Waals surface area contributed by atoms with E-state index in [9.17, 15) is 9.90 Å². The van der Waals surface area contributed by atoms with E-state index in [1.807, 2.05) is 47.7 Å². The van der Waals surface area contributed by atoms with Gasteiger partial charge >= 0.3 is 0 Å². The third-order valence-electron chi connectivity index (χ3n) is 13.8. The minimum Gasteiger partial charge on any atom is -0.512 e. The SMILES string of the molecule is CC(C)(C)c1ccc2c(c1)C(C)(C)c1c[c-]c(-c3nccc4c3C(C)(C)c3ccc5ccccc5c3-4)cc1-2.CCC(C)(CC)C(=O)/C=C(\O)C(C)(CC)CC.[Ir]. The molecule has 5 aromatic rings. The Morgan fingerprint density at radius 2 is 1.38 bits per heavy atom. The summed E-state index contributed by atoms with van der Waals surface area (Å²) in [5.41, 5.74) is 13.6. The van der Waals surface area contributed by atoms with E-state index in [2.05, 4.69) is 127 Å². The van der Waals surface area contributed by atoms with Crippen molar-refractivity contribution in [2.24, 2.45) is 10.8 Å². The van der Waals surface area contributed by atoms with E-state index in [1.54, 1.807) is 0 Å². The molecule has 7 rings (SSSR count). The normalized spacial score (nSPS) is 15.2. The molecule has 2 aliphatic rings. The first-order chi connectivity index (χ1) is 25.8. The molecule has 56 heavy (non-hydrogen) atoms. The van der Waals surface area contributed by atoms with E-state index >= 15 is 0 Å². The average Bonchev–Trinajstić information content (AvgIpc) is 3.56. The van der Waals surface area contributed by atoms with Crippen molar-refractivity contribution in [2.75, 3.05) is 0 Å². The summed E-state index contributed by atoms with van der Waals surface area (Å²) >= 11 is 0. The van der Waals surface area contributed by atoms with E-state index in [0.717, 1.165) is 36.9 Å². The van der Waals surface area contributed by atoms with Gasteiger partial charge in [-0.05, 0) is 98.0 Å². The van der Waals surface area contributed by atoms with Gasteiger partial charge in [0.15, 0.2) is 5.78 Å². The maximum Gasteiger partial charge on any atom is 0.164 e. The monoisotopic (exact) mass is 925 g/mol. The van der Waals surface area contributed by atoms with E-state index in [-0.39, 0.29) is 58.7 Å². The Morgan fingerprint density at radius 1 is 0.732 bits per heavy atom. The molecule has 0 fully saturated rings. The van der Waals surface area contributed by atoms with E-state index in [0.29, 0.717) is 0 Å². The first kappa shape index (κ1) is 43.3. The molecule has 0 aliphatic heterocycles. The van der Waals surface area contributed by atoms with Crippen LogP contribution in [-0.2, 0) is 41.1 Å². The van der Waals surface area contributed by atoms with Gasteiger partial charge in [-0.3, -0.25) is 4.79 Å². The summed E-state index contributed by atoms with van der Waals surface area (Å²) in [5.74, 6) is 0.286. The van der Waals surface area contributed by atoms with Crippen LogP contribution in [0.1, 0.15) is 144 Å². The fourth-order valence-electron chi connectivity index (χ4n) is 8.68. The number of ketones is 1. The van der Waals surface area contributed by atoms with E-state index in [4.69, 9.17) is 4.98 Å². The molecule has 1 heterocycles. The Labute approximate surface area is 350 Å². The fraction of sp³-hybridized carbons (Fsp3) is 0.423. The Morgan fingerprint density at radius 3 is 2.00 bits per heavy atom. The standard InChI is InChI=1S/C37H34N.C15H28O2.Ir/c1-35(2,3)24-14-15-26-28-20-23(13-16-29(28)36(4,5)31(26)21-24)34-33-27(18-19-38-34)32-25-11-9-8-10-22(25)12-17-30(32)37(33,6)7;1-7-14(5,8-2)12(16)11-13(17)15(6,9-3)10-4;/h8-12,14-21H,1-7H3;11,16H,7-10H2,1-6H3;/q-1;;/b;12-11-;. The smallest absolute Gasteiger partial charge is 0.164 e. The van der Waals surface area contributed by atoms with Gasteiger partial charge in [-0.2, -0.15) is 0 Å². The summed E-state index contributed by atoms with van der Waals surface area (Å²) < 4.78 is 0. The molecular formula is C52H62IrNO2-. The number of aliphatic hydroxyl groups excluding tert-OH is 1. The predicted molar refractivity (Wildman–Crippen MR) is 233 cm³/mol. The van der Waals surface area contributed by atoms with Crippen LogP contribution in [0.3, 0.4) is 0 Å². The number of aliphatic hydroxyl groups is 1. The quantitative estimate of drug-likeness (QED) is 0.0958. The summed E-state index contributed by atoms with van der Waals surface area (Å²) in [6.45, 7) is 28.3. The van der Waals surface area contributed by atoms with Gasteiger partial charge in [-0.15, -0.1) is 29.3 Å². The predicted octanol–water partition coefficient (Wildman–Crippen LogP) is 14.3. The molecule has 297 valence electrons. The molecule has 3 nitrogen and oxygen atoms in total. The number of carbonyl (C=O) groups is 1. The third kappa shape index (κ3) is 7.15. The molecule has 1 N–H and O–H groups in total. The molecule has 0 saturated heterocycles. The molecular weight excluding hydrogens is 863 g/mol. The zero-order chi connectivity index (χ0) is 40.3. The number of carbonyl (C=O) groups excluding carboxylic acids is 1. The molecule has 0 spiro atoms. The van der Waals surface area contributed by atoms with Gasteiger partial charge in [-0.1, -0.05) is 150 Å². The average molecular weight is 925 g/mol. The summed E-state index contributed by atoms with van der Waals surface area (Å²) in [6.07, 6.45) is 6.74. The van der Waals surface area contributed by atoms with E-state index < -0.39 is 0 Å². The van der Waals surface area contributed by atoms with Crippen molar-refractivity contribution in [3.8, 4) is 33.5 Å². The molecule has 4 heteroatoms. The summed E-state index contributed by atoms with van der Waals surface area (Å²) in [4.78, 5) is 17.2. The van der Waals surface area contributed by atoms with Crippen LogP contribution in [0, 0.1) is 16.9 Å². The molecule has 0 amide bonds. The van der Waals surface area contributed by atoms with Gasteiger partial charge in [0.2, 0.25) is 0 Å². The van der Waals surface area contributed by atoms with E-state index in [1.165, 1.54) is 66.9 Å². The Bertz CT molecular complexity index is 2310. The van der Waals surface area contributed by atoms with Crippen LogP contribution in [0.5, 0.6) is 0 Å². The number of rotatable bonds is 8. The van der Waals surface area contributed by atoms with Gasteiger partial charge in [0.1, 0.15) is 5.76 Å². The number of aromatic nitrogens is 1. The van der Waals surface area contributed by atoms with Crippen LogP contribution in [0.25, 0.3) is 44.3 Å². The molecule has 4 aromatic carbocycles. The molecule has 0 atom stereocenters. The largest absolute Gasteiger partial charge is 0.512 e. The van der Waals surface area contributed by atoms with Crippen LogP contribution in [0.15, 0.2) is 90.8 Å². The maximum absolute atomic E-state index is 12.2. The summed E-state index contributed by atoms with van der Waals surface area (Å²) in [7, 11) is 0. The minimum atomic E-state index is -0.337. The van der Waals surface area contributed by atoms with Gasteiger partial charge in [0.05, 0.1) is 0 Å². The summed E-state index contributed by atoms with van der Waals surface area (Å²) in [5, 5.41) is 12.7. The van der Waals surface area contributed by atoms with Crippen LogP contribution >= 0.6 is 0 Å². The first-order valence-electron chi connectivity index (χ1n) is 20.5. The summed E-state index contributed by atoms with van der Waals surface area (Å²) in [6, 6.07) is 30.9. The number of nitrogens with zero attached hydrogens (tertiary/aromatic N) is 1. The van der Waals surface area contributed by atoms with Crippen LogP contribution in [0.2, 0.25) is 0 Å². The van der Waals surface area contributed by atoms with Gasteiger partial charge in [0.25, 0.3) is 0 Å². The Hall–Kier alpha value is -3.85. The third-order valence-corrected chi connectivity index (χ3v) is 13.8. The first-order valence-corrected chi connectivity index (χ1v) is 20.5. The minimum absolute atomic E-state index is 0.